The standard InChI is InChI=1S/C22H29ClO6/c23-15-2-1-12(22-20(27)19(26)18(25)17(9-24)29-22)8-16(15)28-21-13-4-10-3-11(6-13)7-14(21)5-10/h1-2,8,10-11,13-14,17-22,24-27H,3-7,9H2/t10?,11?,13?,14?,17-,18-,19+,20-,21?,22+/m1/s1. The van der Waals surface area contributed by atoms with Crippen molar-refractivity contribution in [3.05, 3.63) is 28.8 Å². The van der Waals surface area contributed by atoms with Crippen LogP contribution >= 0.6 is 11.6 Å². The van der Waals surface area contributed by atoms with Gasteiger partial charge in [0, 0.05) is 0 Å². The van der Waals surface area contributed by atoms with E-state index < -0.39 is 37.1 Å². The van der Waals surface area contributed by atoms with Crippen LogP contribution in [0.5, 0.6) is 5.75 Å². The van der Waals surface area contributed by atoms with Gasteiger partial charge >= 0.3 is 0 Å². The average Bonchev–Trinajstić information content (AvgIpc) is 2.70. The van der Waals surface area contributed by atoms with Crippen molar-refractivity contribution in [1.29, 1.82) is 0 Å². The molecule has 1 saturated heterocycles. The van der Waals surface area contributed by atoms with Gasteiger partial charge in [0.2, 0.25) is 0 Å². The van der Waals surface area contributed by atoms with Gasteiger partial charge in [-0.15, -0.1) is 0 Å². The van der Waals surface area contributed by atoms with Gasteiger partial charge < -0.3 is 29.9 Å². The van der Waals surface area contributed by atoms with Crippen LogP contribution in [0.4, 0.5) is 0 Å². The lowest BCUT2D eigenvalue weighted by atomic mass is 9.55. The molecule has 1 heterocycles. The fraction of sp³-hybridized carbons (Fsp3) is 0.727. The van der Waals surface area contributed by atoms with Crippen LogP contribution in [0.25, 0.3) is 0 Å². The fourth-order valence-corrected chi connectivity index (χ4v) is 6.54. The predicted octanol–water partition coefficient (Wildman–Crippen LogP) is 2.06. The van der Waals surface area contributed by atoms with E-state index in [0.717, 1.165) is 11.8 Å². The summed E-state index contributed by atoms with van der Waals surface area (Å²) in [6.45, 7) is -0.452. The van der Waals surface area contributed by atoms with Gasteiger partial charge in [0.15, 0.2) is 0 Å². The largest absolute Gasteiger partial charge is 0.488 e. The van der Waals surface area contributed by atoms with Crippen LogP contribution in [-0.4, -0.2) is 57.6 Å². The Balaban J connectivity index is 1.38. The summed E-state index contributed by atoms with van der Waals surface area (Å²) in [6, 6.07) is 5.20. The summed E-state index contributed by atoms with van der Waals surface area (Å²) in [5.41, 5.74) is 0.602. The molecular formula is C22H29ClO6. The molecule has 4 aliphatic carbocycles. The highest BCUT2D eigenvalue weighted by atomic mass is 35.5. The van der Waals surface area contributed by atoms with E-state index in [0.29, 0.717) is 28.2 Å². The Hall–Kier alpha value is -0.890. The van der Waals surface area contributed by atoms with Crippen LogP contribution in [0, 0.1) is 23.7 Å². The van der Waals surface area contributed by atoms with E-state index in [4.69, 9.17) is 21.1 Å². The van der Waals surface area contributed by atoms with E-state index in [1.165, 1.54) is 32.1 Å². The molecule has 1 aromatic rings. The summed E-state index contributed by atoms with van der Waals surface area (Å²) in [4.78, 5) is 0. The van der Waals surface area contributed by atoms with Crippen LogP contribution in [0.3, 0.4) is 0 Å². The SMILES string of the molecule is OC[C@H]1O[C@@H](c2ccc(Cl)c(OC3C4CC5CC(C4)CC3C5)c2)[C@H](O)[C@@H](O)[C@@H]1O. The molecule has 1 aromatic carbocycles. The molecule has 5 aliphatic rings. The van der Waals surface area contributed by atoms with Crippen LogP contribution in [0.15, 0.2) is 18.2 Å². The number of rotatable bonds is 4. The Kier molecular flexibility index (Phi) is 5.29. The second kappa shape index (κ2) is 7.66. The van der Waals surface area contributed by atoms with Gasteiger partial charge in [-0.05, 0) is 73.5 Å². The highest BCUT2D eigenvalue weighted by Crippen LogP contribution is 2.55. The van der Waals surface area contributed by atoms with Crippen LogP contribution in [0.2, 0.25) is 5.02 Å². The number of aliphatic hydroxyl groups excluding tert-OH is 4. The van der Waals surface area contributed by atoms with Crippen molar-refractivity contribution in [3.63, 3.8) is 0 Å². The Labute approximate surface area is 175 Å². The molecule has 1 aliphatic heterocycles. The number of hydrogen-bond acceptors (Lipinski definition) is 6. The zero-order valence-corrected chi connectivity index (χ0v) is 17.0. The zero-order chi connectivity index (χ0) is 20.3. The molecule has 4 saturated carbocycles. The monoisotopic (exact) mass is 424 g/mol. The predicted molar refractivity (Wildman–Crippen MR) is 106 cm³/mol. The summed E-state index contributed by atoms with van der Waals surface area (Å²) in [5, 5.41) is 40.5. The van der Waals surface area contributed by atoms with E-state index in [-0.39, 0.29) is 6.10 Å². The molecule has 5 atom stereocenters. The van der Waals surface area contributed by atoms with Gasteiger partial charge in [-0.25, -0.2) is 0 Å². The number of halogens is 1. The molecule has 29 heavy (non-hydrogen) atoms. The van der Waals surface area contributed by atoms with Crippen LogP contribution in [-0.2, 0) is 4.74 Å². The number of benzene rings is 1. The first-order valence-electron chi connectivity index (χ1n) is 10.7. The molecule has 0 spiro atoms. The van der Waals surface area contributed by atoms with E-state index in [9.17, 15) is 20.4 Å². The highest BCUT2D eigenvalue weighted by Gasteiger charge is 2.50. The Morgan fingerprint density at radius 2 is 1.59 bits per heavy atom. The quantitative estimate of drug-likeness (QED) is 0.590. The van der Waals surface area contributed by atoms with E-state index in [2.05, 4.69) is 0 Å². The van der Waals surface area contributed by atoms with Crippen molar-refractivity contribution in [2.24, 2.45) is 23.7 Å². The van der Waals surface area contributed by atoms with Gasteiger partial charge in [-0.1, -0.05) is 17.7 Å². The minimum atomic E-state index is -1.41. The van der Waals surface area contributed by atoms with Gasteiger partial charge in [-0.3, -0.25) is 0 Å². The third-order valence-corrected chi connectivity index (χ3v) is 7.89. The first-order chi connectivity index (χ1) is 13.9. The summed E-state index contributed by atoms with van der Waals surface area (Å²) in [6.07, 6.45) is 0.581. The molecule has 6 nitrogen and oxygen atoms in total. The molecule has 6 rings (SSSR count). The minimum Gasteiger partial charge on any atom is -0.488 e. The maximum absolute atomic E-state index is 10.4. The molecule has 0 radical (unpaired) electrons. The number of hydrogen-bond donors (Lipinski definition) is 4. The summed E-state index contributed by atoms with van der Waals surface area (Å²) >= 11 is 6.43. The molecule has 0 amide bonds. The zero-order valence-electron chi connectivity index (χ0n) is 16.2. The van der Waals surface area contributed by atoms with E-state index in [1.807, 2.05) is 0 Å². The lowest BCUT2D eigenvalue weighted by Gasteiger charge is -2.53. The van der Waals surface area contributed by atoms with Crippen LogP contribution in [0.1, 0.15) is 43.8 Å². The third-order valence-electron chi connectivity index (χ3n) is 7.58. The smallest absolute Gasteiger partial charge is 0.138 e. The van der Waals surface area contributed by atoms with Gasteiger partial charge in [-0.2, -0.15) is 0 Å². The van der Waals surface area contributed by atoms with E-state index in [1.54, 1.807) is 18.2 Å². The topological polar surface area (TPSA) is 99.4 Å². The second-order valence-corrected chi connectivity index (χ2v) is 9.86. The summed E-state index contributed by atoms with van der Waals surface area (Å²) in [7, 11) is 0. The average molecular weight is 425 g/mol. The molecule has 0 aromatic heterocycles. The van der Waals surface area contributed by atoms with Crippen molar-refractivity contribution >= 4 is 11.6 Å². The first-order valence-corrected chi connectivity index (χ1v) is 11.1. The molecule has 7 heteroatoms. The van der Waals surface area contributed by atoms with Crippen molar-refractivity contribution in [1.82, 2.24) is 0 Å². The lowest BCUT2D eigenvalue weighted by Crippen LogP contribution is -2.55. The lowest BCUT2D eigenvalue weighted by molar-refractivity contribution is -0.231. The Bertz CT molecular complexity index is 727. The maximum atomic E-state index is 10.4. The molecular weight excluding hydrogens is 396 g/mol. The first kappa shape index (κ1) is 20.0. The van der Waals surface area contributed by atoms with Crippen LogP contribution < -0.4 is 4.74 Å². The van der Waals surface area contributed by atoms with Crippen molar-refractivity contribution in [2.45, 2.75) is 68.7 Å². The van der Waals surface area contributed by atoms with Gasteiger partial charge in [0.25, 0.3) is 0 Å². The summed E-state index contributed by atoms with van der Waals surface area (Å²) in [5.74, 6) is 3.44. The second-order valence-electron chi connectivity index (χ2n) is 9.45. The fourth-order valence-electron chi connectivity index (χ4n) is 6.38. The normalized spacial score (nSPS) is 46.1. The Morgan fingerprint density at radius 1 is 0.931 bits per heavy atom. The van der Waals surface area contributed by atoms with Gasteiger partial charge in [0.1, 0.15) is 42.4 Å². The molecule has 4 N–H and O–H groups in total. The molecule has 4 bridgehead atoms. The number of aliphatic hydroxyl groups is 4. The van der Waals surface area contributed by atoms with Crippen molar-refractivity contribution in [3.8, 4) is 5.75 Å². The minimum absolute atomic E-state index is 0.172. The third kappa shape index (κ3) is 3.48. The Morgan fingerprint density at radius 3 is 2.21 bits per heavy atom. The maximum Gasteiger partial charge on any atom is 0.138 e. The van der Waals surface area contributed by atoms with Crippen molar-refractivity contribution < 1.29 is 29.9 Å². The summed E-state index contributed by atoms with van der Waals surface area (Å²) < 4.78 is 12.1. The highest BCUT2D eigenvalue weighted by molar-refractivity contribution is 6.32. The molecule has 160 valence electrons. The van der Waals surface area contributed by atoms with Gasteiger partial charge in [0.05, 0.1) is 11.6 Å². The van der Waals surface area contributed by atoms with E-state index >= 15 is 0 Å². The van der Waals surface area contributed by atoms with Crippen molar-refractivity contribution in [2.75, 3.05) is 6.61 Å². The molecule has 5 fully saturated rings. The number of ether oxygens (including phenoxy) is 2. The molecule has 0 unspecified atom stereocenters.